The molecular formula is C19H20N2O3. The van der Waals surface area contributed by atoms with E-state index in [0.717, 1.165) is 18.4 Å². The van der Waals surface area contributed by atoms with Crippen LogP contribution in [-0.2, 0) is 6.54 Å². The monoisotopic (exact) mass is 324 g/mol. The predicted octanol–water partition coefficient (Wildman–Crippen LogP) is 4.04. The number of hydrogen-bond acceptors (Lipinski definition) is 3. The molecule has 5 nitrogen and oxygen atoms in total. The molecule has 0 unspecified atom stereocenters. The van der Waals surface area contributed by atoms with Gasteiger partial charge in [0.2, 0.25) is 0 Å². The molecule has 0 atom stereocenters. The summed E-state index contributed by atoms with van der Waals surface area (Å²) in [6.07, 6.45) is 3.51. The second-order valence-corrected chi connectivity index (χ2v) is 6.28. The third kappa shape index (κ3) is 3.79. The van der Waals surface area contributed by atoms with Gasteiger partial charge in [-0.3, -0.25) is 14.9 Å². The highest BCUT2D eigenvalue weighted by atomic mass is 16.6. The molecule has 24 heavy (non-hydrogen) atoms. The standard InChI is InChI=1S/C19H20N2O3/c22-19(17-10-5-11-18(12-17)21(23)24)20(14-16-8-4-9-16)13-15-6-2-1-3-7-15/h1-3,5-7,10-12,16H,4,8-9,13-14H2. The molecule has 1 saturated carbocycles. The van der Waals surface area contributed by atoms with Gasteiger partial charge in [0.15, 0.2) is 0 Å². The topological polar surface area (TPSA) is 63.4 Å². The molecule has 124 valence electrons. The molecule has 1 aliphatic carbocycles. The minimum atomic E-state index is -0.468. The molecule has 0 aliphatic heterocycles. The van der Waals surface area contributed by atoms with Gasteiger partial charge < -0.3 is 4.90 Å². The molecule has 0 heterocycles. The van der Waals surface area contributed by atoms with E-state index in [1.165, 1.54) is 18.6 Å². The van der Waals surface area contributed by atoms with E-state index in [-0.39, 0.29) is 11.6 Å². The van der Waals surface area contributed by atoms with Crippen LogP contribution in [0.15, 0.2) is 54.6 Å². The van der Waals surface area contributed by atoms with Crippen molar-refractivity contribution < 1.29 is 9.72 Å². The first-order valence-corrected chi connectivity index (χ1v) is 8.21. The van der Waals surface area contributed by atoms with E-state index >= 15 is 0 Å². The van der Waals surface area contributed by atoms with Crippen molar-refractivity contribution in [3.63, 3.8) is 0 Å². The molecule has 0 radical (unpaired) electrons. The number of carbonyl (C=O) groups is 1. The van der Waals surface area contributed by atoms with Crippen molar-refractivity contribution in [1.29, 1.82) is 0 Å². The van der Waals surface area contributed by atoms with Gasteiger partial charge in [-0.05, 0) is 30.4 Å². The molecule has 1 amide bonds. The zero-order chi connectivity index (χ0) is 16.9. The number of carbonyl (C=O) groups excluding carboxylic acids is 1. The Hall–Kier alpha value is -2.69. The van der Waals surface area contributed by atoms with Crippen LogP contribution in [0.25, 0.3) is 0 Å². The Morgan fingerprint density at radius 2 is 1.88 bits per heavy atom. The number of benzene rings is 2. The van der Waals surface area contributed by atoms with Gasteiger partial charge in [-0.25, -0.2) is 0 Å². The molecule has 1 aliphatic rings. The molecule has 3 rings (SSSR count). The van der Waals surface area contributed by atoms with E-state index in [9.17, 15) is 14.9 Å². The van der Waals surface area contributed by atoms with Gasteiger partial charge in [0.25, 0.3) is 11.6 Å². The van der Waals surface area contributed by atoms with Crippen molar-refractivity contribution in [3.05, 3.63) is 75.8 Å². The summed E-state index contributed by atoms with van der Waals surface area (Å²) < 4.78 is 0. The first kappa shape index (κ1) is 16.2. The van der Waals surface area contributed by atoms with Crippen LogP contribution in [0.5, 0.6) is 0 Å². The summed E-state index contributed by atoms with van der Waals surface area (Å²) in [6, 6.07) is 15.8. The Balaban J connectivity index is 1.82. The summed E-state index contributed by atoms with van der Waals surface area (Å²) in [6.45, 7) is 1.23. The summed E-state index contributed by atoms with van der Waals surface area (Å²) in [4.78, 5) is 25.2. The Labute approximate surface area is 141 Å². The molecule has 1 fully saturated rings. The van der Waals surface area contributed by atoms with E-state index in [0.29, 0.717) is 24.6 Å². The number of nitro benzene ring substituents is 1. The van der Waals surface area contributed by atoms with Crippen LogP contribution in [0.4, 0.5) is 5.69 Å². The van der Waals surface area contributed by atoms with Gasteiger partial charge in [-0.1, -0.05) is 42.8 Å². The van der Waals surface area contributed by atoms with Crippen molar-refractivity contribution in [2.45, 2.75) is 25.8 Å². The molecule has 0 N–H and O–H groups in total. The van der Waals surface area contributed by atoms with E-state index < -0.39 is 4.92 Å². The first-order chi connectivity index (χ1) is 11.6. The Kier molecular flexibility index (Phi) is 4.89. The first-order valence-electron chi connectivity index (χ1n) is 8.21. The Morgan fingerprint density at radius 1 is 1.12 bits per heavy atom. The van der Waals surface area contributed by atoms with Gasteiger partial charge in [0.1, 0.15) is 0 Å². The summed E-state index contributed by atoms with van der Waals surface area (Å²) in [5, 5.41) is 11.0. The normalized spacial score (nSPS) is 14.0. The Morgan fingerprint density at radius 3 is 2.50 bits per heavy atom. The van der Waals surface area contributed by atoms with E-state index in [4.69, 9.17) is 0 Å². The smallest absolute Gasteiger partial charge is 0.270 e. The van der Waals surface area contributed by atoms with E-state index in [2.05, 4.69) is 0 Å². The molecular weight excluding hydrogens is 304 g/mol. The highest BCUT2D eigenvalue weighted by Gasteiger charge is 2.25. The van der Waals surface area contributed by atoms with Crippen molar-refractivity contribution >= 4 is 11.6 Å². The maximum atomic E-state index is 12.9. The molecule has 0 spiro atoms. The lowest BCUT2D eigenvalue weighted by atomic mass is 9.85. The maximum Gasteiger partial charge on any atom is 0.270 e. The zero-order valence-electron chi connectivity index (χ0n) is 13.4. The minimum absolute atomic E-state index is 0.0517. The highest BCUT2D eigenvalue weighted by molar-refractivity contribution is 5.94. The van der Waals surface area contributed by atoms with Crippen LogP contribution in [-0.4, -0.2) is 22.3 Å². The predicted molar refractivity (Wildman–Crippen MR) is 91.6 cm³/mol. The fourth-order valence-electron chi connectivity index (χ4n) is 2.95. The van der Waals surface area contributed by atoms with Crippen molar-refractivity contribution in [3.8, 4) is 0 Å². The van der Waals surface area contributed by atoms with Gasteiger partial charge in [-0.2, -0.15) is 0 Å². The lowest BCUT2D eigenvalue weighted by Gasteiger charge is -2.32. The number of nitro groups is 1. The SMILES string of the molecule is O=C(c1cccc([N+](=O)[O-])c1)N(Cc1ccccc1)CC1CCC1. The van der Waals surface area contributed by atoms with Crippen LogP contribution < -0.4 is 0 Å². The van der Waals surface area contributed by atoms with Crippen LogP contribution in [0.3, 0.4) is 0 Å². The van der Waals surface area contributed by atoms with Gasteiger partial charge in [0.05, 0.1) is 4.92 Å². The van der Waals surface area contributed by atoms with Crippen molar-refractivity contribution in [1.82, 2.24) is 4.90 Å². The fourth-order valence-corrected chi connectivity index (χ4v) is 2.95. The largest absolute Gasteiger partial charge is 0.334 e. The second-order valence-electron chi connectivity index (χ2n) is 6.28. The molecule has 0 aromatic heterocycles. The average Bonchev–Trinajstić information content (AvgIpc) is 2.57. The van der Waals surface area contributed by atoms with Gasteiger partial charge in [-0.15, -0.1) is 0 Å². The van der Waals surface area contributed by atoms with Gasteiger partial charge in [0, 0.05) is 30.8 Å². The number of amides is 1. The molecule has 0 saturated heterocycles. The van der Waals surface area contributed by atoms with Crippen LogP contribution in [0, 0.1) is 16.0 Å². The summed E-state index contributed by atoms with van der Waals surface area (Å²) in [7, 11) is 0. The van der Waals surface area contributed by atoms with E-state index in [1.54, 1.807) is 12.1 Å². The summed E-state index contributed by atoms with van der Waals surface area (Å²) in [5.41, 5.74) is 1.39. The summed E-state index contributed by atoms with van der Waals surface area (Å²) in [5.74, 6) is 0.394. The van der Waals surface area contributed by atoms with E-state index in [1.807, 2.05) is 35.2 Å². The third-order valence-electron chi connectivity index (χ3n) is 4.51. The number of non-ortho nitro benzene ring substituents is 1. The van der Waals surface area contributed by atoms with Crippen LogP contribution in [0.1, 0.15) is 35.2 Å². The molecule has 5 heteroatoms. The number of nitrogens with zero attached hydrogens (tertiary/aromatic N) is 2. The van der Waals surface area contributed by atoms with Gasteiger partial charge >= 0.3 is 0 Å². The maximum absolute atomic E-state index is 12.9. The lowest BCUT2D eigenvalue weighted by molar-refractivity contribution is -0.384. The second kappa shape index (κ2) is 7.25. The quantitative estimate of drug-likeness (QED) is 0.595. The van der Waals surface area contributed by atoms with Crippen LogP contribution >= 0.6 is 0 Å². The zero-order valence-corrected chi connectivity index (χ0v) is 13.4. The lowest BCUT2D eigenvalue weighted by Crippen LogP contribution is -2.37. The Bertz CT molecular complexity index is 726. The van der Waals surface area contributed by atoms with Crippen molar-refractivity contribution in [2.24, 2.45) is 5.92 Å². The fraction of sp³-hybridized carbons (Fsp3) is 0.316. The third-order valence-corrected chi connectivity index (χ3v) is 4.51. The summed E-state index contributed by atoms with van der Waals surface area (Å²) >= 11 is 0. The molecule has 0 bridgehead atoms. The van der Waals surface area contributed by atoms with Crippen LogP contribution in [0.2, 0.25) is 0 Å². The average molecular weight is 324 g/mol. The molecule has 2 aromatic carbocycles. The highest BCUT2D eigenvalue weighted by Crippen LogP contribution is 2.28. The number of rotatable bonds is 6. The molecule has 2 aromatic rings. The number of hydrogen-bond donors (Lipinski definition) is 0. The van der Waals surface area contributed by atoms with Crippen molar-refractivity contribution in [2.75, 3.05) is 6.54 Å². The minimum Gasteiger partial charge on any atom is -0.334 e.